The SMILES string of the molecule is NC(N)CC(=O)ON1C(=O)C=CC1=O. The number of rotatable bonds is 3. The van der Waals surface area contributed by atoms with E-state index in [-0.39, 0.29) is 6.42 Å². The quantitative estimate of drug-likeness (QED) is 0.401. The largest absolute Gasteiger partial charge is 0.336 e. The minimum atomic E-state index is -0.872. The third-order valence-corrected chi connectivity index (χ3v) is 1.36. The van der Waals surface area contributed by atoms with E-state index >= 15 is 0 Å². The Balaban J connectivity index is 2.49. The molecule has 2 amide bonds. The summed E-state index contributed by atoms with van der Waals surface area (Å²) in [7, 11) is 0. The molecule has 0 fully saturated rings. The molecule has 0 saturated heterocycles. The Bertz CT molecular complexity index is 292. The second kappa shape index (κ2) is 3.99. The van der Waals surface area contributed by atoms with E-state index in [4.69, 9.17) is 11.5 Å². The number of carbonyl (C=O) groups is 3. The number of nitrogens with zero attached hydrogens (tertiary/aromatic N) is 1. The van der Waals surface area contributed by atoms with Gasteiger partial charge in [-0.15, -0.1) is 0 Å². The Kier molecular flexibility index (Phi) is 2.95. The first kappa shape index (κ1) is 10.4. The summed E-state index contributed by atoms with van der Waals surface area (Å²) in [6.45, 7) is 0. The molecule has 0 unspecified atom stereocenters. The average Bonchev–Trinajstić information content (AvgIpc) is 2.34. The number of carbonyl (C=O) groups excluding carboxylic acids is 3. The van der Waals surface area contributed by atoms with Crippen LogP contribution in [-0.2, 0) is 19.2 Å². The summed E-state index contributed by atoms with van der Waals surface area (Å²) in [6, 6.07) is 0. The standard InChI is InChI=1S/C7H9N3O4/c8-4(9)3-7(13)14-10-5(11)1-2-6(10)12/h1-2,4H,3,8-9H2. The Morgan fingerprint density at radius 3 is 2.29 bits per heavy atom. The summed E-state index contributed by atoms with van der Waals surface area (Å²) in [5.74, 6) is -2.23. The zero-order chi connectivity index (χ0) is 10.7. The van der Waals surface area contributed by atoms with Crippen LogP contribution in [0.2, 0.25) is 0 Å². The molecule has 1 aliphatic heterocycles. The summed E-state index contributed by atoms with van der Waals surface area (Å²) in [5, 5.41) is 0.352. The van der Waals surface area contributed by atoms with E-state index in [1.807, 2.05) is 0 Å². The summed E-state index contributed by atoms with van der Waals surface area (Å²) in [4.78, 5) is 37.1. The van der Waals surface area contributed by atoms with Crippen molar-refractivity contribution in [2.45, 2.75) is 12.6 Å². The van der Waals surface area contributed by atoms with Crippen molar-refractivity contribution in [1.82, 2.24) is 5.06 Å². The molecule has 1 aliphatic rings. The fourth-order valence-electron chi connectivity index (χ4n) is 0.808. The number of hydrogen-bond donors (Lipinski definition) is 2. The van der Waals surface area contributed by atoms with Crippen molar-refractivity contribution in [3.05, 3.63) is 12.2 Å². The van der Waals surface area contributed by atoms with Gasteiger partial charge in [0.1, 0.15) is 0 Å². The normalized spacial score (nSPS) is 15.5. The van der Waals surface area contributed by atoms with Crippen LogP contribution in [0.3, 0.4) is 0 Å². The zero-order valence-electron chi connectivity index (χ0n) is 7.17. The summed E-state index contributed by atoms with van der Waals surface area (Å²) < 4.78 is 0. The first-order chi connectivity index (χ1) is 6.50. The Hall–Kier alpha value is -1.73. The highest BCUT2D eigenvalue weighted by Crippen LogP contribution is 2.05. The van der Waals surface area contributed by atoms with Gasteiger partial charge in [0.25, 0.3) is 11.8 Å². The number of amides is 2. The van der Waals surface area contributed by atoms with Crippen LogP contribution in [0.1, 0.15) is 6.42 Å². The molecular formula is C7H9N3O4. The van der Waals surface area contributed by atoms with Crippen LogP contribution >= 0.6 is 0 Å². The van der Waals surface area contributed by atoms with Crippen LogP contribution in [0.15, 0.2) is 12.2 Å². The van der Waals surface area contributed by atoms with Crippen molar-refractivity contribution in [2.75, 3.05) is 0 Å². The van der Waals surface area contributed by atoms with Crippen molar-refractivity contribution >= 4 is 17.8 Å². The molecule has 0 atom stereocenters. The molecule has 76 valence electrons. The van der Waals surface area contributed by atoms with Crippen molar-refractivity contribution in [2.24, 2.45) is 11.5 Å². The molecule has 0 spiro atoms. The van der Waals surface area contributed by atoms with Crippen molar-refractivity contribution in [1.29, 1.82) is 0 Å². The van der Waals surface area contributed by atoms with E-state index in [1.54, 1.807) is 0 Å². The fourth-order valence-corrected chi connectivity index (χ4v) is 0.808. The van der Waals surface area contributed by atoms with E-state index in [0.29, 0.717) is 5.06 Å². The number of nitrogens with two attached hydrogens (primary N) is 2. The van der Waals surface area contributed by atoms with E-state index in [0.717, 1.165) is 12.2 Å². The number of hydroxylamine groups is 2. The molecule has 0 aromatic rings. The van der Waals surface area contributed by atoms with E-state index in [2.05, 4.69) is 4.84 Å². The lowest BCUT2D eigenvalue weighted by molar-refractivity contribution is -0.196. The van der Waals surface area contributed by atoms with Crippen molar-refractivity contribution < 1.29 is 19.2 Å². The minimum absolute atomic E-state index is 0.267. The number of imide groups is 1. The predicted octanol–water partition coefficient (Wildman–Crippen LogP) is -2.00. The van der Waals surface area contributed by atoms with E-state index in [1.165, 1.54) is 0 Å². The van der Waals surface area contributed by atoms with Gasteiger partial charge in [0.2, 0.25) is 0 Å². The molecule has 7 heteroatoms. The lowest BCUT2D eigenvalue weighted by Gasteiger charge is -2.13. The maximum Gasteiger partial charge on any atom is 0.336 e. The maximum absolute atomic E-state index is 10.9. The fraction of sp³-hybridized carbons (Fsp3) is 0.286. The molecule has 7 nitrogen and oxygen atoms in total. The van der Waals surface area contributed by atoms with Gasteiger partial charge in [-0.2, -0.15) is 0 Å². The zero-order valence-corrected chi connectivity index (χ0v) is 7.17. The van der Waals surface area contributed by atoms with Crippen molar-refractivity contribution in [3.8, 4) is 0 Å². The lowest BCUT2D eigenvalue weighted by Crippen LogP contribution is -2.38. The van der Waals surface area contributed by atoms with Gasteiger partial charge in [-0.05, 0) is 0 Å². The second-order valence-corrected chi connectivity index (χ2v) is 2.64. The van der Waals surface area contributed by atoms with Crippen LogP contribution in [0.4, 0.5) is 0 Å². The highest BCUT2D eigenvalue weighted by Gasteiger charge is 2.27. The van der Waals surface area contributed by atoms with Crippen LogP contribution < -0.4 is 11.5 Å². The van der Waals surface area contributed by atoms with Crippen LogP contribution in [-0.4, -0.2) is 29.0 Å². The molecule has 14 heavy (non-hydrogen) atoms. The van der Waals surface area contributed by atoms with Gasteiger partial charge in [0.15, 0.2) is 0 Å². The monoisotopic (exact) mass is 199 g/mol. The molecular weight excluding hydrogens is 190 g/mol. The van der Waals surface area contributed by atoms with Gasteiger partial charge in [0.05, 0.1) is 12.6 Å². The lowest BCUT2D eigenvalue weighted by atomic mass is 10.4. The van der Waals surface area contributed by atoms with Gasteiger partial charge in [0, 0.05) is 12.2 Å². The summed E-state index contributed by atoms with van der Waals surface area (Å²) >= 11 is 0. The highest BCUT2D eigenvalue weighted by molar-refractivity contribution is 6.12. The van der Waals surface area contributed by atoms with Crippen LogP contribution in [0.25, 0.3) is 0 Å². The molecule has 1 heterocycles. The Labute approximate surface area is 79.2 Å². The van der Waals surface area contributed by atoms with Crippen LogP contribution in [0.5, 0.6) is 0 Å². The van der Waals surface area contributed by atoms with Crippen LogP contribution in [0, 0.1) is 0 Å². The molecule has 1 rings (SSSR count). The topological polar surface area (TPSA) is 116 Å². The molecule has 4 N–H and O–H groups in total. The molecule has 0 aromatic heterocycles. The van der Waals surface area contributed by atoms with Gasteiger partial charge in [-0.3, -0.25) is 9.59 Å². The third-order valence-electron chi connectivity index (χ3n) is 1.36. The first-order valence-corrected chi connectivity index (χ1v) is 3.79. The Morgan fingerprint density at radius 1 is 1.36 bits per heavy atom. The van der Waals surface area contributed by atoms with E-state index in [9.17, 15) is 14.4 Å². The average molecular weight is 199 g/mol. The third kappa shape index (κ3) is 2.38. The van der Waals surface area contributed by atoms with Gasteiger partial charge >= 0.3 is 5.97 Å². The Morgan fingerprint density at radius 2 is 1.86 bits per heavy atom. The predicted molar refractivity (Wildman–Crippen MR) is 43.9 cm³/mol. The molecule has 0 bridgehead atoms. The summed E-state index contributed by atoms with van der Waals surface area (Å²) in [6.07, 6.45) is 0.857. The maximum atomic E-state index is 10.9. The minimum Gasteiger partial charge on any atom is -0.330 e. The van der Waals surface area contributed by atoms with Gasteiger partial charge in [-0.1, -0.05) is 5.06 Å². The molecule has 0 aliphatic carbocycles. The molecule has 0 saturated carbocycles. The first-order valence-electron chi connectivity index (χ1n) is 3.79. The van der Waals surface area contributed by atoms with E-state index < -0.39 is 23.9 Å². The summed E-state index contributed by atoms with van der Waals surface area (Å²) in [5.41, 5.74) is 10.2. The number of hydrogen-bond acceptors (Lipinski definition) is 6. The second-order valence-electron chi connectivity index (χ2n) is 2.64. The van der Waals surface area contributed by atoms with Gasteiger partial charge in [-0.25, -0.2) is 4.79 Å². The smallest absolute Gasteiger partial charge is 0.330 e. The van der Waals surface area contributed by atoms with Gasteiger partial charge < -0.3 is 16.3 Å². The molecule has 0 aromatic carbocycles. The molecule has 0 radical (unpaired) electrons. The van der Waals surface area contributed by atoms with Crippen molar-refractivity contribution in [3.63, 3.8) is 0 Å². The highest BCUT2D eigenvalue weighted by atomic mass is 16.7.